The van der Waals surface area contributed by atoms with Gasteiger partial charge in [-0.3, -0.25) is 4.79 Å². The van der Waals surface area contributed by atoms with Gasteiger partial charge in [0.2, 0.25) is 0 Å². The Morgan fingerprint density at radius 1 is 1.10 bits per heavy atom. The molecule has 0 radical (unpaired) electrons. The number of rotatable bonds is 4. The molecule has 4 rings (SSSR count). The van der Waals surface area contributed by atoms with Crippen molar-refractivity contribution < 1.29 is 14.3 Å². The Labute approximate surface area is 170 Å². The van der Waals surface area contributed by atoms with E-state index in [2.05, 4.69) is 23.9 Å². The summed E-state index contributed by atoms with van der Waals surface area (Å²) in [5.41, 5.74) is 4.50. The molecule has 2 aromatic heterocycles. The highest BCUT2D eigenvalue weighted by Crippen LogP contribution is 2.34. The number of benzene rings is 1. The lowest BCUT2D eigenvalue weighted by Gasteiger charge is -2.30. The fourth-order valence-corrected chi connectivity index (χ4v) is 3.92. The summed E-state index contributed by atoms with van der Waals surface area (Å²) in [4.78, 5) is 19.9. The number of methoxy groups -OCH3 is 2. The highest BCUT2D eigenvalue weighted by molar-refractivity contribution is 6.05. The standard InChI is InChI=1S/C22H26N4O3/c1-13(2)26-21-18(11-23-26)17(8-14(3)24-21)22(27)25-7-6-15-9-19(28-4)20(29-5)10-16(15)12-25/h8-11,13H,6-7,12H2,1-5H3. The first-order chi connectivity index (χ1) is 13.9. The molecule has 7 heteroatoms. The van der Waals surface area contributed by atoms with Crippen LogP contribution in [0.5, 0.6) is 11.5 Å². The maximum absolute atomic E-state index is 13.4. The Hall–Kier alpha value is -3.09. The van der Waals surface area contributed by atoms with Crippen molar-refractivity contribution in [2.45, 2.75) is 39.8 Å². The zero-order chi connectivity index (χ0) is 20.7. The largest absolute Gasteiger partial charge is 0.493 e. The van der Waals surface area contributed by atoms with Gasteiger partial charge in [-0.15, -0.1) is 0 Å². The van der Waals surface area contributed by atoms with Gasteiger partial charge >= 0.3 is 0 Å². The van der Waals surface area contributed by atoms with Crippen LogP contribution in [0.1, 0.15) is 47.1 Å². The molecule has 7 nitrogen and oxygen atoms in total. The number of hydrogen-bond acceptors (Lipinski definition) is 5. The van der Waals surface area contributed by atoms with E-state index in [0.29, 0.717) is 24.4 Å². The second kappa shape index (κ2) is 7.39. The van der Waals surface area contributed by atoms with Crippen LogP contribution in [0, 0.1) is 6.92 Å². The number of aryl methyl sites for hydroxylation is 1. The van der Waals surface area contributed by atoms with E-state index in [1.807, 2.05) is 34.7 Å². The van der Waals surface area contributed by atoms with Crippen LogP contribution in [0.15, 0.2) is 24.4 Å². The Balaban J connectivity index is 1.70. The fourth-order valence-electron chi connectivity index (χ4n) is 3.92. The molecule has 0 atom stereocenters. The Bertz CT molecular complexity index is 1090. The molecule has 0 saturated heterocycles. The van der Waals surface area contributed by atoms with Crippen molar-refractivity contribution in [3.8, 4) is 11.5 Å². The molecule has 152 valence electrons. The minimum atomic E-state index is 0.00393. The van der Waals surface area contributed by atoms with Crippen LogP contribution < -0.4 is 9.47 Å². The summed E-state index contributed by atoms with van der Waals surface area (Å²) in [5, 5.41) is 5.25. The summed E-state index contributed by atoms with van der Waals surface area (Å²) in [7, 11) is 3.26. The number of fused-ring (bicyclic) bond motifs is 2. The summed E-state index contributed by atoms with van der Waals surface area (Å²) in [5.74, 6) is 1.41. The van der Waals surface area contributed by atoms with Crippen LogP contribution in [0.25, 0.3) is 11.0 Å². The van der Waals surface area contributed by atoms with Crippen LogP contribution in [0.4, 0.5) is 0 Å². The second-order valence-corrected chi connectivity index (χ2v) is 7.68. The minimum Gasteiger partial charge on any atom is -0.493 e. The van der Waals surface area contributed by atoms with Crippen molar-refractivity contribution in [3.63, 3.8) is 0 Å². The van der Waals surface area contributed by atoms with Crippen LogP contribution in [-0.4, -0.2) is 46.3 Å². The SMILES string of the molecule is COc1cc2c(cc1OC)CN(C(=O)c1cc(C)nc3c1cnn3C(C)C)CC2. The lowest BCUT2D eigenvalue weighted by atomic mass is 9.98. The van der Waals surface area contributed by atoms with Crippen molar-refractivity contribution in [1.29, 1.82) is 0 Å². The summed E-state index contributed by atoms with van der Waals surface area (Å²) in [6, 6.07) is 6.02. The molecule has 0 N–H and O–H groups in total. The zero-order valence-electron chi connectivity index (χ0n) is 17.5. The third kappa shape index (κ3) is 3.30. The first-order valence-electron chi connectivity index (χ1n) is 9.80. The number of hydrogen-bond donors (Lipinski definition) is 0. The molecule has 1 aliphatic rings. The van der Waals surface area contributed by atoms with Crippen molar-refractivity contribution in [2.24, 2.45) is 0 Å². The average Bonchev–Trinajstić information content (AvgIpc) is 3.15. The number of pyridine rings is 1. The van der Waals surface area contributed by atoms with E-state index in [0.717, 1.165) is 34.5 Å². The summed E-state index contributed by atoms with van der Waals surface area (Å²) in [6.45, 7) is 7.22. The van der Waals surface area contributed by atoms with Gasteiger partial charge in [-0.1, -0.05) is 0 Å². The molecule has 1 aromatic carbocycles. The zero-order valence-corrected chi connectivity index (χ0v) is 17.5. The molecule has 3 heterocycles. The van der Waals surface area contributed by atoms with Gasteiger partial charge in [0, 0.05) is 24.8 Å². The van der Waals surface area contributed by atoms with Crippen LogP contribution in [0.3, 0.4) is 0 Å². The first-order valence-corrected chi connectivity index (χ1v) is 9.80. The molecule has 0 fully saturated rings. The van der Waals surface area contributed by atoms with E-state index in [1.165, 1.54) is 5.56 Å². The summed E-state index contributed by atoms with van der Waals surface area (Å²) >= 11 is 0. The maximum Gasteiger partial charge on any atom is 0.255 e. The third-order valence-corrected chi connectivity index (χ3v) is 5.42. The molecule has 1 amide bonds. The molecule has 0 aliphatic carbocycles. The minimum absolute atomic E-state index is 0.00393. The molecule has 0 unspecified atom stereocenters. The normalized spacial score (nSPS) is 13.7. The number of ether oxygens (including phenoxy) is 2. The molecule has 0 bridgehead atoms. The molecule has 1 aliphatic heterocycles. The van der Waals surface area contributed by atoms with Gasteiger partial charge in [-0.2, -0.15) is 5.10 Å². The highest BCUT2D eigenvalue weighted by atomic mass is 16.5. The van der Waals surface area contributed by atoms with Gasteiger partial charge in [-0.05, 0) is 56.5 Å². The van der Waals surface area contributed by atoms with Crippen molar-refractivity contribution >= 4 is 16.9 Å². The van der Waals surface area contributed by atoms with Crippen molar-refractivity contribution in [1.82, 2.24) is 19.7 Å². The predicted octanol–water partition coefficient (Wildman–Crippen LogP) is 3.54. The third-order valence-electron chi connectivity index (χ3n) is 5.42. The van der Waals surface area contributed by atoms with Gasteiger partial charge in [0.1, 0.15) is 0 Å². The van der Waals surface area contributed by atoms with Crippen LogP contribution >= 0.6 is 0 Å². The summed E-state index contributed by atoms with van der Waals surface area (Å²) in [6.07, 6.45) is 2.53. The Kier molecular flexibility index (Phi) is 4.90. The highest BCUT2D eigenvalue weighted by Gasteiger charge is 2.26. The first kappa shape index (κ1) is 19.2. The van der Waals surface area contributed by atoms with Crippen LogP contribution in [0.2, 0.25) is 0 Å². The van der Waals surface area contributed by atoms with E-state index in [1.54, 1.807) is 20.4 Å². The summed E-state index contributed by atoms with van der Waals surface area (Å²) < 4.78 is 12.7. The number of carbonyl (C=O) groups is 1. The number of carbonyl (C=O) groups excluding carboxylic acids is 1. The fraction of sp³-hybridized carbons (Fsp3) is 0.409. The number of aromatic nitrogens is 3. The Morgan fingerprint density at radius 3 is 2.45 bits per heavy atom. The Morgan fingerprint density at radius 2 is 1.79 bits per heavy atom. The van der Waals surface area contributed by atoms with Crippen LogP contribution in [-0.2, 0) is 13.0 Å². The van der Waals surface area contributed by atoms with E-state index < -0.39 is 0 Å². The van der Waals surface area contributed by atoms with Gasteiger partial charge in [0.05, 0.1) is 31.4 Å². The monoisotopic (exact) mass is 394 g/mol. The number of nitrogens with zero attached hydrogens (tertiary/aromatic N) is 4. The lowest BCUT2D eigenvalue weighted by molar-refractivity contribution is 0.0736. The van der Waals surface area contributed by atoms with Gasteiger partial charge in [-0.25, -0.2) is 9.67 Å². The average molecular weight is 394 g/mol. The molecular weight excluding hydrogens is 368 g/mol. The van der Waals surface area contributed by atoms with Gasteiger partial charge < -0.3 is 14.4 Å². The smallest absolute Gasteiger partial charge is 0.255 e. The van der Waals surface area contributed by atoms with Crippen molar-refractivity contribution in [3.05, 3.63) is 46.8 Å². The molecule has 29 heavy (non-hydrogen) atoms. The second-order valence-electron chi connectivity index (χ2n) is 7.68. The molecular formula is C22H26N4O3. The number of amides is 1. The predicted molar refractivity (Wildman–Crippen MR) is 111 cm³/mol. The van der Waals surface area contributed by atoms with E-state index in [4.69, 9.17) is 9.47 Å². The lowest BCUT2D eigenvalue weighted by Crippen LogP contribution is -2.36. The molecule has 0 spiro atoms. The van der Waals surface area contributed by atoms with E-state index in [9.17, 15) is 4.79 Å². The van der Waals surface area contributed by atoms with E-state index in [-0.39, 0.29) is 11.9 Å². The van der Waals surface area contributed by atoms with Crippen molar-refractivity contribution in [2.75, 3.05) is 20.8 Å². The van der Waals surface area contributed by atoms with E-state index >= 15 is 0 Å². The topological polar surface area (TPSA) is 69.5 Å². The van der Waals surface area contributed by atoms with Gasteiger partial charge in [0.15, 0.2) is 17.1 Å². The quantitative estimate of drug-likeness (QED) is 0.677. The molecule has 3 aromatic rings. The molecule has 0 saturated carbocycles. The maximum atomic E-state index is 13.4. The van der Waals surface area contributed by atoms with Gasteiger partial charge in [0.25, 0.3) is 5.91 Å².